The van der Waals surface area contributed by atoms with E-state index in [1.54, 1.807) is 24.0 Å². The largest absolute Gasteiger partial charge is 0.393 e. The highest BCUT2D eigenvalue weighted by Gasteiger charge is 2.20. The molecule has 110 valence electrons. The minimum atomic E-state index is -0.195. The Morgan fingerprint density at radius 3 is 3.15 bits per heavy atom. The van der Waals surface area contributed by atoms with Crippen molar-refractivity contribution >= 4 is 17.7 Å². The first-order valence-electron chi connectivity index (χ1n) is 7.24. The van der Waals surface area contributed by atoms with Crippen molar-refractivity contribution in [1.82, 2.24) is 10.3 Å². The summed E-state index contributed by atoms with van der Waals surface area (Å²) < 4.78 is 0. The second kappa shape index (κ2) is 7.64. The van der Waals surface area contributed by atoms with Crippen LogP contribution < -0.4 is 5.32 Å². The maximum absolute atomic E-state index is 12.1. The first kappa shape index (κ1) is 15.3. The van der Waals surface area contributed by atoms with Gasteiger partial charge in [0.05, 0.1) is 11.1 Å². The smallest absolute Gasteiger partial charge is 0.251 e. The molecule has 4 nitrogen and oxygen atoms in total. The highest BCUT2D eigenvalue weighted by molar-refractivity contribution is 7.99. The number of aliphatic hydroxyl groups excluding tert-OH is 1. The Balaban J connectivity index is 1.86. The molecule has 2 rings (SSSR count). The Kier molecular flexibility index (Phi) is 5.86. The topological polar surface area (TPSA) is 62.2 Å². The third-order valence-corrected chi connectivity index (χ3v) is 4.40. The molecule has 0 saturated heterocycles. The van der Waals surface area contributed by atoms with Crippen molar-refractivity contribution < 1.29 is 9.90 Å². The van der Waals surface area contributed by atoms with Gasteiger partial charge in [-0.2, -0.15) is 0 Å². The fourth-order valence-electron chi connectivity index (χ4n) is 2.56. The Labute approximate surface area is 124 Å². The zero-order valence-electron chi connectivity index (χ0n) is 11.8. The van der Waals surface area contributed by atoms with Gasteiger partial charge in [0.2, 0.25) is 0 Å². The van der Waals surface area contributed by atoms with Gasteiger partial charge >= 0.3 is 0 Å². The number of nitrogens with zero attached hydrogens (tertiary/aromatic N) is 1. The van der Waals surface area contributed by atoms with Crippen LogP contribution in [-0.2, 0) is 0 Å². The van der Waals surface area contributed by atoms with Crippen LogP contribution in [0.25, 0.3) is 0 Å². The van der Waals surface area contributed by atoms with E-state index in [9.17, 15) is 9.90 Å². The van der Waals surface area contributed by atoms with E-state index < -0.39 is 0 Å². The number of amides is 1. The van der Waals surface area contributed by atoms with Gasteiger partial charge in [-0.3, -0.25) is 4.79 Å². The van der Waals surface area contributed by atoms with Gasteiger partial charge in [0.15, 0.2) is 0 Å². The summed E-state index contributed by atoms with van der Waals surface area (Å²) in [5.41, 5.74) is 0.660. The normalized spacial score (nSPS) is 22.5. The lowest BCUT2D eigenvalue weighted by Crippen LogP contribution is -2.33. The van der Waals surface area contributed by atoms with Crippen molar-refractivity contribution in [3.05, 3.63) is 23.9 Å². The average Bonchev–Trinajstić information content (AvgIpc) is 2.45. The molecule has 1 saturated carbocycles. The van der Waals surface area contributed by atoms with Gasteiger partial charge in [-0.25, -0.2) is 4.98 Å². The Morgan fingerprint density at radius 2 is 2.40 bits per heavy atom. The molecule has 1 amide bonds. The predicted molar refractivity (Wildman–Crippen MR) is 80.9 cm³/mol. The van der Waals surface area contributed by atoms with Gasteiger partial charge in [-0.05, 0) is 43.1 Å². The second-order valence-electron chi connectivity index (χ2n) is 5.21. The standard InChI is InChI=1S/C15H22N2O2S/c1-2-20-14-9-12(6-7-16-14)15(19)17-10-11-4-3-5-13(18)8-11/h6-7,9,11,13,18H,2-5,8,10H2,1H3,(H,17,19). The lowest BCUT2D eigenvalue weighted by molar-refractivity contribution is 0.0873. The summed E-state index contributed by atoms with van der Waals surface area (Å²) in [4.78, 5) is 16.3. The summed E-state index contributed by atoms with van der Waals surface area (Å²) >= 11 is 1.63. The molecule has 1 aliphatic rings. The van der Waals surface area contributed by atoms with E-state index in [0.29, 0.717) is 18.0 Å². The lowest BCUT2D eigenvalue weighted by Gasteiger charge is -2.25. The number of rotatable bonds is 5. The molecule has 2 unspecified atom stereocenters. The summed E-state index contributed by atoms with van der Waals surface area (Å²) in [6.07, 6.45) is 5.31. The predicted octanol–water partition coefficient (Wildman–Crippen LogP) is 2.47. The third-order valence-electron chi connectivity index (χ3n) is 3.60. The molecule has 2 N–H and O–H groups in total. The number of aromatic nitrogens is 1. The molecule has 0 aliphatic heterocycles. The van der Waals surface area contributed by atoms with Crippen LogP contribution in [-0.4, -0.2) is 34.4 Å². The van der Waals surface area contributed by atoms with E-state index in [2.05, 4.69) is 17.2 Å². The molecule has 0 bridgehead atoms. The van der Waals surface area contributed by atoms with Crippen LogP contribution in [0.5, 0.6) is 0 Å². The highest BCUT2D eigenvalue weighted by Crippen LogP contribution is 2.23. The quantitative estimate of drug-likeness (QED) is 0.819. The molecule has 1 aromatic rings. The number of hydrogen-bond acceptors (Lipinski definition) is 4. The summed E-state index contributed by atoms with van der Waals surface area (Å²) in [5, 5.41) is 13.5. The zero-order chi connectivity index (χ0) is 14.4. The van der Waals surface area contributed by atoms with E-state index in [4.69, 9.17) is 0 Å². The summed E-state index contributed by atoms with van der Waals surface area (Å²) in [6, 6.07) is 3.57. The fourth-order valence-corrected chi connectivity index (χ4v) is 3.21. The molecule has 2 atom stereocenters. The molecule has 0 radical (unpaired) electrons. The van der Waals surface area contributed by atoms with E-state index in [-0.39, 0.29) is 12.0 Å². The zero-order valence-corrected chi connectivity index (χ0v) is 12.7. The van der Waals surface area contributed by atoms with Crippen LogP contribution in [0.15, 0.2) is 23.4 Å². The van der Waals surface area contributed by atoms with Crippen LogP contribution in [0, 0.1) is 5.92 Å². The van der Waals surface area contributed by atoms with Gasteiger partial charge in [-0.1, -0.05) is 13.3 Å². The molecule has 0 aromatic carbocycles. The Bertz CT molecular complexity index is 453. The number of carbonyl (C=O) groups is 1. The lowest BCUT2D eigenvalue weighted by atomic mass is 9.87. The SMILES string of the molecule is CCSc1cc(C(=O)NCC2CCCC(O)C2)ccn1. The van der Waals surface area contributed by atoms with Crippen molar-refractivity contribution in [1.29, 1.82) is 0 Å². The first-order chi connectivity index (χ1) is 9.69. The molecule has 5 heteroatoms. The van der Waals surface area contributed by atoms with Crippen LogP contribution in [0.2, 0.25) is 0 Å². The van der Waals surface area contributed by atoms with E-state index >= 15 is 0 Å². The molecule has 1 aromatic heterocycles. The number of carbonyl (C=O) groups excluding carboxylic acids is 1. The van der Waals surface area contributed by atoms with Crippen molar-refractivity contribution in [2.24, 2.45) is 5.92 Å². The monoisotopic (exact) mass is 294 g/mol. The molecule has 1 heterocycles. The molecule has 20 heavy (non-hydrogen) atoms. The highest BCUT2D eigenvalue weighted by atomic mass is 32.2. The fraction of sp³-hybridized carbons (Fsp3) is 0.600. The maximum atomic E-state index is 12.1. The Hall–Kier alpha value is -1.07. The van der Waals surface area contributed by atoms with Gasteiger partial charge in [0, 0.05) is 18.3 Å². The van der Waals surface area contributed by atoms with Gasteiger partial charge in [-0.15, -0.1) is 11.8 Å². The van der Waals surface area contributed by atoms with Crippen LogP contribution in [0.3, 0.4) is 0 Å². The number of aliphatic hydroxyl groups is 1. The van der Waals surface area contributed by atoms with Gasteiger partial charge in [0.25, 0.3) is 5.91 Å². The van der Waals surface area contributed by atoms with Crippen molar-refractivity contribution in [2.45, 2.75) is 43.7 Å². The molecule has 1 fully saturated rings. The number of nitrogens with one attached hydrogen (secondary N) is 1. The molecule has 0 spiro atoms. The molecule has 1 aliphatic carbocycles. The summed E-state index contributed by atoms with van der Waals surface area (Å²) in [5.74, 6) is 1.29. The van der Waals surface area contributed by atoms with Crippen molar-refractivity contribution in [2.75, 3.05) is 12.3 Å². The van der Waals surface area contributed by atoms with Crippen LogP contribution >= 0.6 is 11.8 Å². The Morgan fingerprint density at radius 1 is 1.55 bits per heavy atom. The van der Waals surface area contributed by atoms with Crippen molar-refractivity contribution in [3.8, 4) is 0 Å². The minimum Gasteiger partial charge on any atom is -0.393 e. The number of hydrogen-bond donors (Lipinski definition) is 2. The van der Waals surface area contributed by atoms with E-state index in [0.717, 1.165) is 36.5 Å². The first-order valence-corrected chi connectivity index (χ1v) is 8.22. The van der Waals surface area contributed by atoms with Gasteiger partial charge in [0.1, 0.15) is 0 Å². The number of pyridine rings is 1. The average molecular weight is 294 g/mol. The van der Waals surface area contributed by atoms with Crippen LogP contribution in [0.4, 0.5) is 0 Å². The van der Waals surface area contributed by atoms with Crippen LogP contribution in [0.1, 0.15) is 43.0 Å². The second-order valence-corrected chi connectivity index (χ2v) is 6.50. The van der Waals surface area contributed by atoms with Crippen molar-refractivity contribution in [3.63, 3.8) is 0 Å². The summed E-state index contributed by atoms with van der Waals surface area (Å²) in [6.45, 7) is 2.71. The summed E-state index contributed by atoms with van der Waals surface area (Å²) in [7, 11) is 0. The third kappa shape index (κ3) is 4.49. The number of thioether (sulfide) groups is 1. The van der Waals surface area contributed by atoms with E-state index in [1.165, 1.54) is 0 Å². The minimum absolute atomic E-state index is 0.0505. The maximum Gasteiger partial charge on any atom is 0.251 e. The molecular formula is C15H22N2O2S. The van der Waals surface area contributed by atoms with Gasteiger partial charge < -0.3 is 10.4 Å². The molecular weight excluding hydrogens is 272 g/mol. The van der Waals surface area contributed by atoms with E-state index in [1.807, 2.05) is 6.07 Å².